The summed E-state index contributed by atoms with van der Waals surface area (Å²) in [6.45, 7) is 12.8. The summed E-state index contributed by atoms with van der Waals surface area (Å²) in [7, 11) is 0. The first-order valence-corrected chi connectivity index (χ1v) is 6.80. The molecular weight excluding hydrogens is 200 g/mol. The van der Waals surface area contributed by atoms with Crippen LogP contribution < -0.4 is 0 Å². The summed E-state index contributed by atoms with van der Waals surface area (Å²) in [5.41, 5.74) is 0. The molecule has 0 bridgehead atoms. The normalized spacial score (nSPS) is 29.8. The van der Waals surface area contributed by atoms with Crippen LogP contribution in [0.1, 0.15) is 26.7 Å². The van der Waals surface area contributed by atoms with Gasteiger partial charge in [-0.3, -0.25) is 4.90 Å². The molecule has 0 saturated carbocycles. The van der Waals surface area contributed by atoms with Crippen molar-refractivity contribution in [3.63, 3.8) is 0 Å². The topological polar surface area (TPSA) is 15.7 Å². The molecule has 0 aliphatic carbocycles. The number of rotatable bonds is 3. The van der Waals surface area contributed by atoms with E-state index in [-0.39, 0.29) is 0 Å². The van der Waals surface area contributed by atoms with E-state index in [1.165, 1.54) is 45.6 Å². The third-order valence-corrected chi connectivity index (χ3v) is 3.68. The van der Waals surface area contributed by atoms with E-state index in [1.54, 1.807) is 0 Å². The quantitative estimate of drug-likeness (QED) is 0.724. The van der Waals surface area contributed by atoms with Gasteiger partial charge in [-0.1, -0.05) is 13.8 Å². The predicted octanol–water partition coefficient (Wildman–Crippen LogP) is 1.44. The molecule has 1 atom stereocenters. The predicted molar refractivity (Wildman–Crippen MR) is 66.7 cm³/mol. The lowest BCUT2D eigenvalue weighted by molar-refractivity contribution is -0.00288. The fraction of sp³-hybridized carbons (Fsp3) is 1.00. The van der Waals surface area contributed by atoms with Gasteiger partial charge >= 0.3 is 0 Å². The highest BCUT2D eigenvalue weighted by atomic mass is 16.5. The zero-order valence-electron chi connectivity index (χ0n) is 10.8. The molecule has 0 amide bonds. The maximum atomic E-state index is 5.57. The first kappa shape index (κ1) is 12.3. The van der Waals surface area contributed by atoms with Crippen molar-refractivity contribution in [3.05, 3.63) is 0 Å². The van der Waals surface area contributed by atoms with Gasteiger partial charge in [0.05, 0.1) is 6.61 Å². The summed E-state index contributed by atoms with van der Waals surface area (Å²) in [5, 5.41) is 0. The van der Waals surface area contributed by atoms with Gasteiger partial charge in [0.15, 0.2) is 0 Å². The number of ether oxygens (including phenoxy) is 1. The molecule has 94 valence electrons. The Kier molecular flexibility index (Phi) is 4.62. The van der Waals surface area contributed by atoms with E-state index < -0.39 is 0 Å². The fourth-order valence-corrected chi connectivity index (χ4v) is 2.84. The molecular formula is C13H26N2O. The standard InChI is InChI=1S/C13H26N2O/c1-12(2)10-14-5-7-15(8-6-14)13-4-3-9-16-11-13/h12-13H,3-11H2,1-2H3/t13-/m0/s1. The molecule has 2 heterocycles. The van der Waals surface area contributed by atoms with Crippen molar-refractivity contribution in [2.45, 2.75) is 32.7 Å². The summed E-state index contributed by atoms with van der Waals surface area (Å²) in [6, 6.07) is 0.704. The lowest BCUT2D eigenvalue weighted by Gasteiger charge is -2.41. The Hall–Kier alpha value is -0.120. The van der Waals surface area contributed by atoms with E-state index >= 15 is 0 Å². The first-order chi connectivity index (χ1) is 7.75. The highest BCUT2D eigenvalue weighted by Gasteiger charge is 2.25. The van der Waals surface area contributed by atoms with Crippen LogP contribution in [-0.2, 0) is 4.74 Å². The average molecular weight is 226 g/mol. The minimum atomic E-state index is 0.704. The summed E-state index contributed by atoms with van der Waals surface area (Å²) in [6.07, 6.45) is 2.58. The van der Waals surface area contributed by atoms with E-state index in [2.05, 4.69) is 23.6 Å². The lowest BCUT2D eigenvalue weighted by atomic mass is 10.1. The molecule has 0 aromatic carbocycles. The summed E-state index contributed by atoms with van der Waals surface area (Å²) < 4.78 is 5.57. The molecule has 0 N–H and O–H groups in total. The molecule has 16 heavy (non-hydrogen) atoms. The molecule has 0 spiro atoms. The lowest BCUT2D eigenvalue weighted by Crippen LogP contribution is -2.52. The van der Waals surface area contributed by atoms with E-state index in [1.807, 2.05) is 0 Å². The van der Waals surface area contributed by atoms with Crippen molar-refractivity contribution < 1.29 is 4.74 Å². The monoisotopic (exact) mass is 226 g/mol. The van der Waals surface area contributed by atoms with Crippen LogP contribution in [0.4, 0.5) is 0 Å². The van der Waals surface area contributed by atoms with Crippen molar-refractivity contribution in [3.8, 4) is 0 Å². The number of hydrogen-bond acceptors (Lipinski definition) is 3. The van der Waals surface area contributed by atoms with Crippen LogP contribution >= 0.6 is 0 Å². The fourth-order valence-electron chi connectivity index (χ4n) is 2.84. The molecule has 2 aliphatic heterocycles. The number of nitrogens with zero attached hydrogens (tertiary/aromatic N) is 2. The van der Waals surface area contributed by atoms with Gasteiger partial charge in [0.25, 0.3) is 0 Å². The molecule has 2 rings (SSSR count). The van der Waals surface area contributed by atoms with Gasteiger partial charge in [0.1, 0.15) is 0 Å². The third-order valence-electron chi connectivity index (χ3n) is 3.68. The maximum Gasteiger partial charge on any atom is 0.0621 e. The van der Waals surface area contributed by atoms with Crippen molar-refractivity contribution in [1.29, 1.82) is 0 Å². The zero-order valence-corrected chi connectivity index (χ0v) is 10.8. The van der Waals surface area contributed by atoms with Crippen LogP contribution in [0.3, 0.4) is 0 Å². The van der Waals surface area contributed by atoms with Crippen LogP contribution in [0.15, 0.2) is 0 Å². The number of piperazine rings is 1. The highest BCUT2D eigenvalue weighted by molar-refractivity contribution is 4.80. The van der Waals surface area contributed by atoms with Crippen molar-refractivity contribution in [2.24, 2.45) is 5.92 Å². The Labute approximate surface area is 99.7 Å². The molecule has 0 radical (unpaired) electrons. The Morgan fingerprint density at radius 2 is 1.94 bits per heavy atom. The zero-order chi connectivity index (χ0) is 11.4. The average Bonchev–Trinajstić information content (AvgIpc) is 2.30. The van der Waals surface area contributed by atoms with E-state index in [0.29, 0.717) is 6.04 Å². The van der Waals surface area contributed by atoms with Gasteiger partial charge in [-0.05, 0) is 18.8 Å². The van der Waals surface area contributed by atoms with Crippen LogP contribution in [0.2, 0.25) is 0 Å². The van der Waals surface area contributed by atoms with Crippen LogP contribution in [0.25, 0.3) is 0 Å². The van der Waals surface area contributed by atoms with Gasteiger partial charge in [0, 0.05) is 45.4 Å². The highest BCUT2D eigenvalue weighted by Crippen LogP contribution is 2.15. The van der Waals surface area contributed by atoms with Crippen molar-refractivity contribution in [2.75, 3.05) is 45.9 Å². The molecule has 0 unspecified atom stereocenters. The third kappa shape index (κ3) is 3.44. The Balaban J connectivity index is 1.71. The largest absolute Gasteiger partial charge is 0.380 e. The first-order valence-electron chi connectivity index (χ1n) is 6.80. The van der Waals surface area contributed by atoms with Gasteiger partial charge < -0.3 is 9.64 Å². The minimum absolute atomic E-state index is 0.704. The molecule has 3 nitrogen and oxygen atoms in total. The molecule has 0 aromatic rings. The summed E-state index contributed by atoms with van der Waals surface area (Å²) in [4.78, 5) is 5.24. The van der Waals surface area contributed by atoms with E-state index in [0.717, 1.165) is 19.1 Å². The van der Waals surface area contributed by atoms with Gasteiger partial charge in [0.2, 0.25) is 0 Å². The minimum Gasteiger partial charge on any atom is -0.380 e. The van der Waals surface area contributed by atoms with Gasteiger partial charge in [-0.15, -0.1) is 0 Å². The molecule has 3 heteroatoms. The molecule has 2 saturated heterocycles. The SMILES string of the molecule is CC(C)CN1CCN([C@H]2CCCOC2)CC1. The van der Waals surface area contributed by atoms with E-state index in [9.17, 15) is 0 Å². The summed E-state index contributed by atoms with van der Waals surface area (Å²) >= 11 is 0. The van der Waals surface area contributed by atoms with Crippen LogP contribution in [0, 0.1) is 5.92 Å². The van der Waals surface area contributed by atoms with Crippen LogP contribution in [0.5, 0.6) is 0 Å². The number of hydrogen-bond donors (Lipinski definition) is 0. The Bertz CT molecular complexity index is 194. The van der Waals surface area contributed by atoms with Crippen molar-refractivity contribution >= 4 is 0 Å². The Morgan fingerprint density at radius 1 is 1.19 bits per heavy atom. The summed E-state index contributed by atoms with van der Waals surface area (Å²) in [5.74, 6) is 0.796. The second-order valence-corrected chi connectivity index (χ2v) is 5.60. The second kappa shape index (κ2) is 5.99. The van der Waals surface area contributed by atoms with Crippen molar-refractivity contribution in [1.82, 2.24) is 9.80 Å². The molecule has 2 aliphatic rings. The van der Waals surface area contributed by atoms with Gasteiger partial charge in [-0.2, -0.15) is 0 Å². The smallest absolute Gasteiger partial charge is 0.0621 e. The Morgan fingerprint density at radius 3 is 2.50 bits per heavy atom. The van der Waals surface area contributed by atoms with Gasteiger partial charge in [-0.25, -0.2) is 0 Å². The molecule has 0 aromatic heterocycles. The maximum absolute atomic E-state index is 5.57. The van der Waals surface area contributed by atoms with Crippen LogP contribution in [-0.4, -0.2) is 61.8 Å². The van der Waals surface area contributed by atoms with E-state index in [4.69, 9.17) is 4.74 Å². The second-order valence-electron chi connectivity index (χ2n) is 5.60. The molecule has 2 fully saturated rings.